The van der Waals surface area contributed by atoms with Crippen molar-refractivity contribution >= 4 is 5.78 Å². The molecule has 2 heteroatoms. The van der Waals surface area contributed by atoms with Crippen molar-refractivity contribution < 1.29 is 4.79 Å². The lowest BCUT2D eigenvalue weighted by atomic mass is 10.0. The Balaban J connectivity index is 0.000000810. The maximum absolute atomic E-state index is 11.0. The zero-order chi connectivity index (χ0) is 6.85. The fourth-order valence-corrected chi connectivity index (χ4v) is 1.23. The third-order valence-electron chi connectivity index (χ3n) is 1.75. The van der Waals surface area contributed by atoms with E-state index in [1.165, 1.54) is 0 Å². The van der Waals surface area contributed by atoms with Gasteiger partial charge in [0.15, 0.2) is 5.78 Å². The molecule has 0 aromatic rings. The van der Waals surface area contributed by atoms with Crippen molar-refractivity contribution in [3.8, 4) is 0 Å². The van der Waals surface area contributed by atoms with Crippen LogP contribution in [-0.4, -0.2) is 18.4 Å². The summed E-state index contributed by atoms with van der Waals surface area (Å²) in [4.78, 5) is 11.0. The topological polar surface area (TPSA) is 29.1 Å². The first-order valence-electron chi connectivity index (χ1n) is 3.48. The van der Waals surface area contributed by atoms with Crippen LogP contribution in [0.25, 0.3) is 0 Å². The van der Waals surface area contributed by atoms with Gasteiger partial charge in [0.2, 0.25) is 0 Å². The molecule has 60 valence electrons. The molecular weight excluding hydrogens is 126 g/mol. The fraction of sp³-hybridized carbons (Fsp3) is 0.875. The fourth-order valence-electron chi connectivity index (χ4n) is 1.23. The molecule has 10 heavy (non-hydrogen) atoms. The lowest BCUT2D eigenvalue weighted by Gasteiger charge is -2.11. The Kier molecular flexibility index (Phi) is 3.58. The van der Waals surface area contributed by atoms with E-state index in [1.54, 1.807) is 0 Å². The molecule has 1 aliphatic heterocycles. The van der Waals surface area contributed by atoms with E-state index in [0.29, 0.717) is 11.7 Å². The van der Waals surface area contributed by atoms with E-state index in [0.717, 1.165) is 13.0 Å². The Morgan fingerprint density at radius 3 is 2.40 bits per heavy atom. The van der Waals surface area contributed by atoms with E-state index in [-0.39, 0.29) is 13.5 Å². The van der Waals surface area contributed by atoms with Crippen molar-refractivity contribution in [2.75, 3.05) is 6.54 Å². The summed E-state index contributed by atoms with van der Waals surface area (Å²) >= 11 is 0. The summed E-state index contributed by atoms with van der Waals surface area (Å²) in [5, 5.41) is 3.16. The average molecular weight is 143 g/mol. The van der Waals surface area contributed by atoms with E-state index in [1.807, 2.05) is 0 Å². The van der Waals surface area contributed by atoms with Crippen LogP contribution < -0.4 is 5.32 Å². The lowest BCUT2D eigenvalue weighted by Crippen LogP contribution is -2.32. The summed E-state index contributed by atoms with van der Waals surface area (Å²) in [7, 11) is 0. The highest BCUT2D eigenvalue weighted by atomic mass is 16.1. The first-order valence-corrected chi connectivity index (χ1v) is 3.48. The summed E-state index contributed by atoms with van der Waals surface area (Å²) < 4.78 is 0. The minimum absolute atomic E-state index is 0. The van der Waals surface area contributed by atoms with Crippen LogP contribution in [0.15, 0.2) is 0 Å². The van der Waals surface area contributed by atoms with Crippen molar-refractivity contribution in [2.45, 2.75) is 33.7 Å². The van der Waals surface area contributed by atoms with Gasteiger partial charge in [0, 0.05) is 13.0 Å². The molecular formula is C8H17NO. The number of hydrogen-bond acceptors (Lipinski definition) is 2. The number of carbonyl (C=O) groups excluding carboxylic acids is 1. The van der Waals surface area contributed by atoms with Crippen LogP contribution in [0, 0.1) is 5.92 Å². The van der Waals surface area contributed by atoms with Crippen molar-refractivity contribution in [1.82, 2.24) is 5.32 Å². The number of nitrogens with one attached hydrogen (secondary N) is 1. The van der Waals surface area contributed by atoms with E-state index in [4.69, 9.17) is 0 Å². The highest BCUT2D eigenvalue weighted by molar-refractivity contribution is 5.86. The molecule has 1 N–H and O–H groups in total. The van der Waals surface area contributed by atoms with Crippen LogP contribution in [0.1, 0.15) is 27.7 Å². The molecule has 1 saturated heterocycles. The molecule has 0 saturated carbocycles. The standard InChI is InChI=1S/C7H13NO.CH4/c1-5(2)7-6(9)3-4-8-7;/h5,7-8H,3-4H2,1-2H3;1H4. The highest BCUT2D eigenvalue weighted by Gasteiger charge is 2.25. The Labute approximate surface area is 63.0 Å². The zero-order valence-electron chi connectivity index (χ0n) is 5.98. The largest absolute Gasteiger partial charge is 0.307 e. The molecule has 0 amide bonds. The molecule has 2 nitrogen and oxygen atoms in total. The Morgan fingerprint density at radius 2 is 2.20 bits per heavy atom. The molecule has 0 aromatic heterocycles. The van der Waals surface area contributed by atoms with Crippen molar-refractivity contribution in [1.29, 1.82) is 0 Å². The monoisotopic (exact) mass is 143 g/mol. The molecule has 1 fully saturated rings. The summed E-state index contributed by atoms with van der Waals surface area (Å²) in [5.74, 6) is 0.838. The third-order valence-corrected chi connectivity index (χ3v) is 1.75. The van der Waals surface area contributed by atoms with Gasteiger partial charge in [-0.3, -0.25) is 4.79 Å². The lowest BCUT2D eigenvalue weighted by molar-refractivity contribution is -0.119. The summed E-state index contributed by atoms with van der Waals surface area (Å²) in [6.45, 7) is 5.02. The summed E-state index contributed by atoms with van der Waals surface area (Å²) in [5.41, 5.74) is 0. The molecule has 1 aliphatic rings. The SMILES string of the molecule is C.CC(C)C1NCCC1=O. The van der Waals surface area contributed by atoms with Gasteiger partial charge in [0.05, 0.1) is 6.04 Å². The third kappa shape index (κ3) is 1.81. The van der Waals surface area contributed by atoms with Crippen LogP contribution in [0.4, 0.5) is 0 Å². The van der Waals surface area contributed by atoms with Crippen LogP contribution in [0.3, 0.4) is 0 Å². The quantitative estimate of drug-likeness (QED) is 0.597. The highest BCUT2D eigenvalue weighted by Crippen LogP contribution is 2.09. The van der Waals surface area contributed by atoms with Crippen LogP contribution >= 0.6 is 0 Å². The van der Waals surface area contributed by atoms with Crippen molar-refractivity contribution in [3.63, 3.8) is 0 Å². The van der Waals surface area contributed by atoms with Crippen molar-refractivity contribution in [2.24, 2.45) is 5.92 Å². The van der Waals surface area contributed by atoms with E-state index < -0.39 is 0 Å². The van der Waals surface area contributed by atoms with Crippen LogP contribution in [0.2, 0.25) is 0 Å². The molecule has 0 radical (unpaired) electrons. The van der Waals surface area contributed by atoms with Crippen molar-refractivity contribution in [3.05, 3.63) is 0 Å². The van der Waals surface area contributed by atoms with Gasteiger partial charge < -0.3 is 5.32 Å². The van der Waals surface area contributed by atoms with E-state index in [9.17, 15) is 4.79 Å². The molecule has 0 bridgehead atoms. The Hall–Kier alpha value is -0.370. The van der Waals surface area contributed by atoms with Gasteiger partial charge >= 0.3 is 0 Å². The van der Waals surface area contributed by atoms with Gasteiger partial charge in [-0.25, -0.2) is 0 Å². The number of carbonyl (C=O) groups is 1. The van der Waals surface area contributed by atoms with Gasteiger partial charge in [-0.05, 0) is 5.92 Å². The smallest absolute Gasteiger partial charge is 0.151 e. The minimum atomic E-state index is 0. The second kappa shape index (κ2) is 3.71. The minimum Gasteiger partial charge on any atom is -0.307 e. The number of hydrogen-bond donors (Lipinski definition) is 1. The first-order chi connectivity index (χ1) is 4.22. The normalized spacial score (nSPS) is 25.1. The van der Waals surface area contributed by atoms with Gasteiger partial charge in [0.25, 0.3) is 0 Å². The van der Waals surface area contributed by atoms with Gasteiger partial charge in [-0.15, -0.1) is 0 Å². The van der Waals surface area contributed by atoms with Crippen LogP contribution in [-0.2, 0) is 4.79 Å². The predicted octanol–water partition coefficient (Wildman–Crippen LogP) is 1.21. The molecule has 0 spiro atoms. The molecule has 1 unspecified atom stereocenters. The number of Topliss-reactive ketones (excluding diaryl/α,β-unsaturated/α-hetero) is 1. The second-order valence-electron chi connectivity index (χ2n) is 2.89. The summed E-state index contributed by atoms with van der Waals surface area (Å²) in [6.07, 6.45) is 0.725. The maximum Gasteiger partial charge on any atom is 0.151 e. The maximum atomic E-state index is 11.0. The molecule has 0 aromatic carbocycles. The van der Waals surface area contributed by atoms with Gasteiger partial charge in [0.1, 0.15) is 0 Å². The number of ketones is 1. The van der Waals surface area contributed by atoms with Gasteiger partial charge in [-0.1, -0.05) is 21.3 Å². The van der Waals surface area contributed by atoms with E-state index >= 15 is 0 Å². The number of rotatable bonds is 1. The van der Waals surface area contributed by atoms with Crippen LogP contribution in [0.5, 0.6) is 0 Å². The van der Waals surface area contributed by atoms with Gasteiger partial charge in [-0.2, -0.15) is 0 Å². The summed E-state index contributed by atoms with van der Waals surface area (Å²) in [6, 6.07) is 0.144. The molecule has 1 rings (SSSR count). The molecule has 0 aliphatic carbocycles. The average Bonchev–Trinajstić information content (AvgIpc) is 2.13. The second-order valence-corrected chi connectivity index (χ2v) is 2.89. The molecule has 1 heterocycles. The Bertz CT molecular complexity index is 120. The molecule has 1 atom stereocenters. The predicted molar refractivity (Wildman–Crippen MR) is 43.0 cm³/mol. The van der Waals surface area contributed by atoms with E-state index in [2.05, 4.69) is 19.2 Å². The first kappa shape index (κ1) is 9.63. The Morgan fingerprint density at radius 1 is 1.60 bits per heavy atom. The zero-order valence-corrected chi connectivity index (χ0v) is 5.98.